The number of likely N-dealkylation sites (tertiary alicyclic amines) is 1. The highest BCUT2D eigenvalue weighted by molar-refractivity contribution is 5.96. The molecular formula is C35H39N3O6. The molecule has 0 radical (unpaired) electrons. The van der Waals surface area contributed by atoms with E-state index in [1.54, 1.807) is 18.2 Å². The molecule has 2 heterocycles. The lowest BCUT2D eigenvalue weighted by molar-refractivity contribution is -0.384. The molecule has 0 aromatic heterocycles. The van der Waals surface area contributed by atoms with Crippen LogP contribution in [-0.2, 0) is 19.1 Å². The van der Waals surface area contributed by atoms with Crippen LogP contribution >= 0.6 is 0 Å². The topological polar surface area (TPSA) is 111 Å². The van der Waals surface area contributed by atoms with E-state index >= 15 is 0 Å². The molecule has 5 rings (SSSR count). The largest absolute Gasteiger partial charge is 0.466 e. The molecule has 2 aliphatic rings. The van der Waals surface area contributed by atoms with Crippen molar-refractivity contribution in [2.45, 2.75) is 45.1 Å². The standard InChI is InChI=1S/C29H34N2O4.C6H5NO2/c1-20-24(27(32)34-4)17-25(21(2)30-20)28(33)35-29(3)15-16-31(19-29)18-26(22-11-7-5-8-12-22)23-13-9-6-10-14-23;8-7(9)6-4-2-1-3-5-6/h5-14,26,30H,15-19H2,1-4H3;1-5H. The SMILES string of the molecule is COC(=O)C1=C(C)NC(C)=C(C(=O)OC2(C)CCN(CC(c3ccccc3)c3ccccc3)C2)C1.O=[N+]([O-])c1ccccc1. The van der Waals surface area contributed by atoms with E-state index in [4.69, 9.17) is 9.47 Å². The minimum Gasteiger partial charge on any atom is -0.466 e. The maximum Gasteiger partial charge on any atom is 0.336 e. The molecule has 1 fully saturated rings. The minimum absolute atomic E-state index is 0.137. The van der Waals surface area contributed by atoms with E-state index in [0.717, 1.165) is 19.5 Å². The number of hydrogen-bond donors (Lipinski definition) is 1. The number of ether oxygens (including phenoxy) is 2. The first kappa shape index (κ1) is 32.2. The summed E-state index contributed by atoms with van der Waals surface area (Å²) in [7, 11) is 1.35. The van der Waals surface area contributed by atoms with Gasteiger partial charge in [0.15, 0.2) is 0 Å². The number of methoxy groups -OCH3 is 1. The summed E-state index contributed by atoms with van der Waals surface area (Å²) in [4.78, 5) is 37.3. The summed E-state index contributed by atoms with van der Waals surface area (Å²) in [6.45, 7) is 8.00. The van der Waals surface area contributed by atoms with E-state index in [9.17, 15) is 19.7 Å². The molecule has 1 unspecified atom stereocenters. The van der Waals surface area contributed by atoms with E-state index < -0.39 is 16.5 Å². The lowest BCUT2D eigenvalue weighted by Crippen LogP contribution is -2.38. The second kappa shape index (κ2) is 14.6. The zero-order valence-electron chi connectivity index (χ0n) is 25.6. The van der Waals surface area contributed by atoms with Crippen LogP contribution in [0.5, 0.6) is 0 Å². The monoisotopic (exact) mass is 597 g/mol. The predicted molar refractivity (Wildman–Crippen MR) is 169 cm³/mol. The van der Waals surface area contributed by atoms with Crippen LogP contribution in [0.1, 0.15) is 50.7 Å². The highest BCUT2D eigenvalue weighted by Gasteiger charge is 2.39. The van der Waals surface area contributed by atoms with Gasteiger partial charge < -0.3 is 14.8 Å². The smallest absolute Gasteiger partial charge is 0.336 e. The Hall–Kier alpha value is -4.76. The van der Waals surface area contributed by atoms with E-state index in [-0.39, 0.29) is 24.0 Å². The molecule has 1 saturated heterocycles. The number of nitro benzene ring substituents is 1. The Morgan fingerprint density at radius 3 is 1.86 bits per heavy atom. The summed E-state index contributed by atoms with van der Waals surface area (Å²) in [6.07, 6.45) is 0.966. The van der Waals surface area contributed by atoms with Crippen molar-refractivity contribution < 1.29 is 24.0 Å². The van der Waals surface area contributed by atoms with Gasteiger partial charge in [-0.05, 0) is 31.9 Å². The zero-order chi connectivity index (χ0) is 31.7. The molecule has 2 aliphatic heterocycles. The molecule has 9 nitrogen and oxygen atoms in total. The van der Waals surface area contributed by atoms with Crippen molar-refractivity contribution in [3.8, 4) is 0 Å². The number of esters is 2. The fourth-order valence-corrected chi connectivity index (χ4v) is 5.58. The van der Waals surface area contributed by atoms with Crippen molar-refractivity contribution >= 4 is 17.6 Å². The van der Waals surface area contributed by atoms with Crippen LogP contribution < -0.4 is 5.32 Å². The van der Waals surface area contributed by atoms with E-state index in [1.165, 1.54) is 30.4 Å². The normalized spacial score (nSPS) is 18.3. The molecule has 0 aliphatic carbocycles. The van der Waals surface area contributed by atoms with Crippen molar-refractivity contribution in [3.63, 3.8) is 0 Å². The fourth-order valence-electron chi connectivity index (χ4n) is 5.58. The first-order valence-corrected chi connectivity index (χ1v) is 14.6. The molecule has 44 heavy (non-hydrogen) atoms. The highest BCUT2D eigenvalue weighted by Crippen LogP contribution is 2.33. The summed E-state index contributed by atoms with van der Waals surface area (Å²) < 4.78 is 11.0. The Morgan fingerprint density at radius 1 is 0.886 bits per heavy atom. The number of dihydropyridines is 1. The Bertz CT molecular complexity index is 1480. The quantitative estimate of drug-likeness (QED) is 0.187. The number of hydrogen-bond acceptors (Lipinski definition) is 8. The third kappa shape index (κ3) is 8.20. The van der Waals surface area contributed by atoms with Gasteiger partial charge in [-0.15, -0.1) is 0 Å². The van der Waals surface area contributed by atoms with Gasteiger partial charge in [-0.1, -0.05) is 78.9 Å². The van der Waals surface area contributed by atoms with Crippen LogP contribution in [0, 0.1) is 10.1 Å². The molecule has 3 aromatic rings. The van der Waals surface area contributed by atoms with Gasteiger partial charge in [-0.2, -0.15) is 0 Å². The first-order valence-electron chi connectivity index (χ1n) is 14.6. The molecule has 230 valence electrons. The summed E-state index contributed by atoms with van der Waals surface area (Å²) in [5.74, 6) is -0.575. The summed E-state index contributed by atoms with van der Waals surface area (Å²) in [5.41, 5.74) is 4.44. The Labute approximate surface area is 258 Å². The van der Waals surface area contributed by atoms with Crippen LogP contribution in [-0.4, -0.2) is 54.1 Å². The zero-order valence-corrected chi connectivity index (χ0v) is 25.6. The second-order valence-electron chi connectivity index (χ2n) is 11.3. The highest BCUT2D eigenvalue weighted by atomic mass is 16.6. The summed E-state index contributed by atoms with van der Waals surface area (Å²) in [6, 6.07) is 29.0. The molecule has 0 amide bonds. The second-order valence-corrected chi connectivity index (χ2v) is 11.3. The van der Waals surface area contributed by atoms with Crippen molar-refractivity contribution in [3.05, 3.63) is 135 Å². The molecule has 1 atom stereocenters. The minimum atomic E-state index is -0.593. The number of rotatable bonds is 8. The molecule has 1 N–H and O–H groups in total. The third-order valence-electron chi connectivity index (χ3n) is 7.98. The summed E-state index contributed by atoms with van der Waals surface area (Å²) in [5, 5.41) is 13.1. The first-order chi connectivity index (χ1) is 21.1. The average Bonchev–Trinajstić information content (AvgIpc) is 3.40. The van der Waals surface area contributed by atoms with Gasteiger partial charge in [0.25, 0.3) is 5.69 Å². The molecule has 0 bridgehead atoms. The van der Waals surface area contributed by atoms with Gasteiger partial charge in [-0.3, -0.25) is 15.0 Å². The number of allylic oxidation sites excluding steroid dienone is 2. The van der Waals surface area contributed by atoms with Gasteiger partial charge in [0.2, 0.25) is 0 Å². The van der Waals surface area contributed by atoms with Gasteiger partial charge in [0.1, 0.15) is 5.60 Å². The van der Waals surface area contributed by atoms with Gasteiger partial charge in [-0.25, -0.2) is 9.59 Å². The molecule has 9 heteroatoms. The number of non-ortho nitro benzene ring substituents is 1. The number of nitro groups is 1. The van der Waals surface area contributed by atoms with E-state index in [1.807, 2.05) is 32.9 Å². The predicted octanol–water partition coefficient (Wildman–Crippen LogP) is 6.14. The third-order valence-corrected chi connectivity index (χ3v) is 7.98. The number of para-hydroxylation sites is 1. The van der Waals surface area contributed by atoms with Crippen LogP contribution in [0.2, 0.25) is 0 Å². The molecule has 0 saturated carbocycles. The molecular weight excluding hydrogens is 558 g/mol. The lowest BCUT2D eigenvalue weighted by Gasteiger charge is -2.29. The van der Waals surface area contributed by atoms with Crippen molar-refractivity contribution in [2.75, 3.05) is 26.7 Å². The number of benzene rings is 3. The lowest BCUT2D eigenvalue weighted by atomic mass is 9.91. The van der Waals surface area contributed by atoms with Crippen molar-refractivity contribution in [2.24, 2.45) is 0 Å². The van der Waals surface area contributed by atoms with Crippen molar-refractivity contribution in [1.29, 1.82) is 0 Å². The van der Waals surface area contributed by atoms with Crippen LogP contribution in [0.25, 0.3) is 0 Å². The van der Waals surface area contributed by atoms with E-state index in [0.29, 0.717) is 29.1 Å². The Kier molecular flexibility index (Phi) is 10.7. The van der Waals surface area contributed by atoms with Crippen LogP contribution in [0.3, 0.4) is 0 Å². The molecule has 3 aromatic carbocycles. The molecule has 0 spiro atoms. The van der Waals surface area contributed by atoms with E-state index in [2.05, 4.69) is 58.7 Å². The Morgan fingerprint density at radius 2 is 1.39 bits per heavy atom. The number of carbonyl (C=O) groups excluding carboxylic acids is 2. The number of nitrogens with one attached hydrogen (secondary N) is 1. The number of carbonyl (C=O) groups is 2. The van der Waals surface area contributed by atoms with Crippen molar-refractivity contribution in [1.82, 2.24) is 10.2 Å². The summed E-state index contributed by atoms with van der Waals surface area (Å²) >= 11 is 0. The maximum absolute atomic E-state index is 13.2. The Balaban J connectivity index is 0.000000421. The fraction of sp³-hybridized carbons (Fsp3) is 0.314. The van der Waals surface area contributed by atoms with Gasteiger partial charge in [0, 0.05) is 61.9 Å². The van der Waals surface area contributed by atoms with Gasteiger partial charge >= 0.3 is 11.9 Å². The van der Waals surface area contributed by atoms with Gasteiger partial charge in [0.05, 0.1) is 23.2 Å². The van der Waals surface area contributed by atoms with Crippen LogP contribution in [0.4, 0.5) is 5.69 Å². The van der Waals surface area contributed by atoms with Crippen LogP contribution in [0.15, 0.2) is 114 Å². The maximum atomic E-state index is 13.2. The number of nitrogens with zero attached hydrogens (tertiary/aromatic N) is 2. The average molecular weight is 598 g/mol.